The van der Waals surface area contributed by atoms with Gasteiger partial charge in [0.15, 0.2) is 0 Å². The van der Waals surface area contributed by atoms with Crippen molar-refractivity contribution in [2.75, 3.05) is 13.2 Å². The molecule has 1 fully saturated rings. The van der Waals surface area contributed by atoms with Crippen molar-refractivity contribution in [3.05, 3.63) is 33.3 Å². The average Bonchev–Trinajstić information content (AvgIpc) is 2.82. The van der Waals surface area contributed by atoms with Crippen LogP contribution < -0.4 is 5.32 Å². The molecule has 0 unspecified atom stereocenters. The Morgan fingerprint density at radius 1 is 1.59 bits per heavy atom. The summed E-state index contributed by atoms with van der Waals surface area (Å²) in [7, 11) is 0. The van der Waals surface area contributed by atoms with Crippen LogP contribution in [0.1, 0.15) is 23.2 Å². The second-order valence-electron chi connectivity index (χ2n) is 3.97. The van der Waals surface area contributed by atoms with Crippen LogP contribution in [-0.2, 0) is 4.74 Å². The van der Waals surface area contributed by atoms with Gasteiger partial charge in [0.1, 0.15) is 0 Å². The Bertz CT molecular complexity index is 419. The number of hydrogen-bond acceptors (Lipinski definition) is 2. The van der Waals surface area contributed by atoms with E-state index in [1.165, 1.54) is 0 Å². The van der Waals surface area contributed by atoms with Crippen LogP contribution in [-0.4, -0.2) is 25.2 Å². The average molecular weight is 319 g/mol. The zero-order valence-corrected chi connectivity index (χ0v) is 11.6. The van der Waals surface area contributed by atoms with Crippen molar-refractivity contribution in [3.8, 4) is 0 Å². The third kappa shape index (κ3) is 3.44. The molecule has 1 aliphatic rings. The van der Waals surface area contributed by atoms with E-state index < -0.39 is 0 Å². The Hall–Kier alpha value is -0.580. The van der Waals surface area contributed by atoms with Crippen LogP contribution in [0.15, 0.2) is 22.7 Å². The van der Waals surface area contributed by atoms with E-state index in [1.807, 2.05) is 0 Å². The highest BCUT2D eigenvalue weighted by Crippen LogP contribution is 2.21. The normalized spacial score (nSPS) is 19.3. The van der Waals surface area contributed by atoms with Crippen LogP contribution in [0.4, 0.5) is 0 Å². The van der Waals surface area contributed by atoms with Gasteiger partial charge in [-0.2, -0.15) is 0 Å². The summed E-state index contributed by atoms with van der Waals surface area (Å²) in [4.78, 5) is 11.9. The summed E-state index contributed by atoms with van der Waals surface area (Å²) >= 11 is 9.29. The molecule has 17 heavy (non-hydrogen) atoms. The van der Waals surface area contributed by atoms with Crippen molar-refractivity contribution in [2.45, 2.75) is 18.9 Å². The first-order valence-corrected chi connectivity index (χ1v) is 6.69. The van der Waals surface area contributed by atoms with E-state index in [9.17, 15) is 4.79 Å². The lowest BCUT2D eigenvalue weighted by Gasteiger charge is -2.11. The fourth-order valence-electron chi connectivity index (χ4n) is 1.78. The molecule has 5 heteroatoms. The number of nitrogens with one attached hydrogen (secondary N) is 1. The quantitative estimate of drug-likeness (QED) is 0.930. The van der Waals surface area contributed by atoms with Gasteiger partial charge in [-0.15, -0.1) is 0 Å². The Labute approximate surface area is 114 Å². The van der Waals surface area contributed by atoms with Gasteiger partial charge in [0.25, 0.3) is 5.91 Å². The third-order valence-corrected chi connectivity index (χ3v) is 3.51. The van der Waals surface area contributed by atoms with Crippen LogP contribution >= 0.6 is 27.5 Å². The Kier molecular flexibility index (Phi) is 4.42. The SMILES string of the molecule is O=C(NC[C@H]1CCCO1)c1cc(Br)ccc1Cl. The number of halogens is 2. The molecule has 1 saturated heterocycles. The summed E-state index contributed by atoms with van der Waals surface area (Å²) < 4.78 is 6.27. The van der Waals surface area contributed by atoms with Crippen molar-refractivity contribution < 1.29 is 9.53 Å². The molecule has 1 aliphatic heterocycles. The largest absolute Gasteiger partial charge is 0.376 e. The third-order valence-electron chi connectivity index (χ3n) is 2.69. The molecule has 1 aromatic carbocycles. The van der Waals surface area contributed by atoms with E-state index >= 15 is 0 Å². The molecule has 0 bridgehead atoms. The summed E-state index contributed by atoms with van der Waals surface area (Å²) in [6.07, 6.45) is 2.22. The van der Waals surface area contributed by atoms with Gasteiger partial charge in [-0.3, -0.25) is 4.79 Å². The van der Waals surface area contributed by atoms with Crippen LogP contribution in [0.5, 0.6) is 0 Å². The van der Waals surface area contributed by atoms with E-state index in [0.29, 0.717) is 17.1 Å². The van der Waals surface area contributed by atoms with Crippen molar-refractivity contribution in [3.63, 3.8) is 0 Å². The molecule has 0 radical (unpaired) electrons. The van der Waals surface area contributed by atoms with E-state index in [1.54, 1.807) is 18.2 Å². The Morgan fingerprint density at radius 2 is 2.41 bits per heavy atom. The molecule has 92 valence electrons. The molecule has 1 N–H and O–H groups in total. The zero-order valence-electron chi connectivity index (χ0n) is 9.21. The summed E-state index contributed by atoms with van der Waals surface area (Å²) in [5.74, 6) is -0.160. The zero-order chi connectivity index (χ0) is 12.3. The molecule has 1 atom stereocenters. The number of rotatable bonds is 3. The molecule has 3 nitrogen and oxygen atoms in total. The van der Waals surface area contributed by atoms with Gasteiger partial charge >= 0.3 is 0 Å². The monoisotopic (exact) mass is 317 g/mol. The minimum atomic E-state index is -0.160. The topological polar surface area (TPSA) is 38.3 Å². The number of hydrogen-bond donors (Lipinski definition) is 1. The molecule has 0 saturated carbocycles. The van der Waals surface area contributed by atoms with Gasteiger partial charge < -0.3 is 10.1 Å². The van der Waals surface area contributed by atoms with Crippen molar-refractivity contribution in [1.29, 1.82) is 0 Å². The highest BCUT2D eigenvalue weighted by Gasteiger charge is 2.17. The maximum atomic E-state index is 11.9. The second kappa shape index (κ2) is 5.85. The van der Waals surface area contributed by atoms with E-state index in [2.05, 4.69) is 21.2 Å². The van der Waals surface area contributed by atoms with Crippen LogP contribution in [0, 0.1) is 0 Å². The molecule has 2 rings (SSSR count). The summed E-state index contributed by atoms with van der Waals surface area (Å²) in [6.45, 7) is 1.33. The van der Waals surface area contributed by atoms with Gasteiger partial charge in [0.2, 0.25) is 0 Å². The highest BCUT2D eigenvalue weighted by molar-refractivity contribution is 9.10. The molecule has 0 spiro atoms. The number of carbonyl (C=O) groups is 1. The first-order valence-electron chi connectivity index (χ1n) is 5.51. The number of ether oxygens (including phenoxy) is 1. The molecule has 0 aromatic heterocycles. The Balaban J connectivity index is 1.96. The summed E-state index contributed by atoms with van der Waals surface area (Å²) in [6, 6.07) is 5.22. The highest BCUT2D eigenvalue weighted by atomic mass is 79.9. The van der Waals surface area contributed by atoms with Crippen molar-refractivity contribution in [1.82, 2.24) is 5.32 Å². The van der Waals surface area contributed by atoms with Gasteiger partial charge in [0, 0.05) is 17.6 Å². The second-order valence-corrected chi connectivity index (χ2v) is 5.29. The predicted molar refractivity (Wildman–Crippen MR) is 70.5 cm³/mol. The van der Waals surface area contributed by atoms with Gasteiger partial charge in [0.05, 0.1) is 16.7 Å². The van der Waals surface area contributed by atoms with Crippen molar-refractivity contribution >= 4 is 33.4 Å². The van der Waals surface area contributed by atoms with Gasteiger partial charge in [-0.1, -0.05) is 27.5 Å². The lowest BCUT2D eigenvalue weighted by Crippen LogP contribution is -2.31. The Morgan fingerprint density at radius 3 is 3.12 bits per heavy atom. The van der Waals surface area contributed by atoms with E-state index in [-0.39, 0.29) is 12.0 Å². The molecular weight excluding hydrogens is 305 g/mol. The van der Waals surface area contributed by atoms with Crippen LogP contribution in [0.25, 0.3) is 0 Å². The van der Waals surface area contributed by atoms with Gasteiger partial charge in [-0.25, -0.2) is 0 Å². The lowest BCUT2D eigenvalue weighted by molar-refractivity contribution is 0.0858. The van der Waals surface area contributed by atoms with Crippen LogP contribution in [0.3, 0.4) is 0 Å². The maximum absolute atomic E-state index is 11.9. The molecule has 1 amide bonds. The van der Waals surface area contributed by atoms with Gasteiger partial charge in [-0.05, 0) is 31.0 Å². The summed E-state index contributed by atoms with van der Waals surface area (Å²) in [5, 5.41) is 3.30. The lowest BCUT2D eigenvalue weighted by atomic mass is 10.2. The molecular formula is C12H13BrClNO2. The molecule has 1 aromatic rings. The predicted octanol–water partition coefficient (Wildman–Crippen LogP) is 3.01. The maximum Gasteiger partial charge on any atom is 0.252 e. The van der Waals surface area contributed by atoms with E-state index in [0.717, 1.165) is 23.9 Å². The minimum absolute atomic E-state index is 0.143. The smallest absolute Gasteiger partial charge is 0.252 e. The fraction of sp³-hybridized carbons (Fsp3) is 0.417. The number of carbonyl (C=O) groups excluding carboxylic acids is 1. The first kappa shape index (κ1) is 12.9. The number of amides is 1. The first-order chi connectivity index (χ1) is 8.16. The standard InChI is InChI=1S/C12H13BrClNO2/c13-8-3-4-11(14)10(6-8)12(16)15-7-9-2-1-5-17-9/h3-4,6,9H,1-2,5,7H2,(H,15,16)/t9-/m1/s1. The van der Waals surface area contributed by atoms with Crippen molar-refractivity contribution in [2.24, 2.45) is 0 Å². The molecule has 0 aliphatic carbocycles. The number of benzene rings is 1. The minimum Gasteiger partial charge on any atom is -0.376 e. The summed E-state index contributed by atoms with van der Waals surface area (Å²) in [5.41, 5.74) is 0.485. The molecule has 1 heterocycles. The fourth-order valence-corrected chi connectivity index (χ4v) is 2.34. The van der Waals surface area contributed by atoms with E-state index in [4.69, 9.17) is 16.3 Å². The van der Waals surface area contributed by atoms with Crippen LogP contribution in [0.2, 0.25) is 5.02 Å².